The van der Waals surface area contributed by atoms with Crippen LogP contribution in [0.4, 0.5) is 8.78 Å². The van der Waals surface area contributed by atoms with Crippen LogP contribution in [0.25, 0.3) is 0 Å². The third-order valence-electron chi connectivity index (χ3n) is 1.82. The fourth-order valence-electron chi connectivity index (χ4n) is 1.17. The molecule has 0 atom stereocenters. The van der Waals surface area contributed by atoms with Crippen molar-refractivity contribution >= 4 is 5.91 Å². The average Bonchev–Trinajstić information content (AvgIpc) is 2.09. The lowest BCUT2D eigenvalue weighted by atomic mass is 10.0. The summed E-state index contributed by atoms with van der Waals surface area (Å²) in [6.45, 7) is 1.63. The van der Waals surface area contributed by atoms with Crippen LogP contribution in [0.15, 0.2) is 12.1 Å². The molecule has 0 fully saturated rings. The highest BCUT2D eigenvalue weighted by atomic mass is 19.2. The predicted octanol–water partition coefficient (Wildman–Crippen LogP) is 1.63. The second-order valence-electron chi connectivity index (χ2n) is 2.61. The molecule has 0 bridgehead atoms. The van der Waals surface area contributed by atoms with E-state index in [4.69, 9.17) is 5.73 Å². The first-order valence-corrected chi connectivity index (χ1v) is 3.84. The zero-order valence-electron chi connectivity index (χ0n) is 7.10. The van der Waals surface area contributed by atoms with Crippen molar-refractivity contribution < 1.29 is 13.6 Å². The molecule has 0 radical (unpaired) electrons. The first-order chi connectivity index (χ1) is 6.07. The van der Waals surface area contributed by atoms with E-state index < -0.39 is 17.5 Å². The largest absolute Gasteiger partial charge is 0.366 e. The van der Waals surface area contributed by atoms with Crippen LogP contribution in [0.3, 0.4) is 0 Å². The molecule has 4 heteroatoms. The van der Waals surface area contributed by atoms with Crippen molar-refractivity contribution in [3.63, 3.8) is 0 Å². The number of rotatable bonds is 2. The summed E-state index contributed by atoms with van der Waals surface area (Å²) in [5.74, 6) is -2.68. The number of hydrogen-bond acceptors (Lipinski definition) is 1. The van der Waals surface area contributed by atoms with E-state index in [1.54, 1.807) is 6.92 Å². The summed E-state index contributed by atoms with van der Waals surface area (Å²) in [5, 5.41) is 0. The molecule has 0 aliphatic heterocycles. The molecule has 0 aliphatic rings. The van der Waals surface area contributed by atoms with E-state index in [2.05, 4.69) is 0 Å². The molecular formula is C9H9F2NO. The summed E-state index contributed by atoms with van der Waals surface area (Å²) < 4.78 is 25.7. The minimum Gasteiger partial charge on any atom is -0.366 e. The Kier molecular flexibility index (Phi) is 2.60. The Morgan fingerprint density at radius 2 is 2.08 bits per heavy atom. The van der Waals surface area contributed by atoms with Crippen LogP contribution in [0, 0.1) is 11.6 Å². The van der Waals surface area contributed by atoms with E-state index in [1.807, 2.05) is 0 Å². The molecule has 1 amide bonds. The van der Waals surface area contributed by atoms with Crippen molar-refractivity contribution in [2.45, 2.75) is 13.3 Å². The standard InChI is InChI=1S/C9H9F2NO/c1-2-5-6(9(12)13)3-4-7(10)8(5)11/h3-4H,2H2,1H3,(H2,12,13). The lowest BCUT2D eigenvalue weighted by Gasteiger charge is -2.05. The van der Waals surface area contributed by atoms with Gasteiger partial charge >= 0.3 is 0 Å². The first-order valence-electron chi connectivity index (χ1n) is 3.84. The van der Waals surface area contributed by atoms with Gasteiger partial charge in [-0.2, -0.15) is 0 Å². The molecule has 0 heterocycles. The maximum atomic E-state index is 13.0. The fourth-order valence-corrected chi connectivity index (χ4v) is 1.17. The smallest absolute Gasteiger partial charge is 0.249 e. The summed E-state index contributed by atoms with van der Waals surface area (Å²) in [6, 6.07) is 2.09. The van der Waals surface area contributed by atoms with Gasteiger partial charge in [-0.25, -0.2) is 8.78 Å². The molecule has 1 rings (SSSR count). The van der Waals surface area contributed by atoms with Crippen LogP contribution < -0.4 is 5.73 Å². The number of halogens is 2. The van der Waals surface area contributed by atoms with Crippen molar-refractivity contribution in [2.24, 2.45) is 5.73 Å². The predicted molar refractivity (Wildman–Crippen MR) is 44.3 cm³/mol. The highest BCUT2D eigenvalue weighted by Gasteiger charge is 2.14. The van der Waals surface area contributed by atoms with E-state index in [9.17, 15) is 13.6 Å². The van der Waals surface area contributed by atoms with Crippen molar-refractivity contribution in [3.8, 4) is 0 Å². The zero-order chi connectivity index (χ0) is 10.0. The fraction of sp³-hybridized carbons (Fsp3) is 0.222. The summed E-state index contributed by atoms with van der Waals surface area (Å²) in [5.41, 5.74) is 5.06. The van der Waals surface area contributed by atoms with Crippen LogP contribution >= 0.6 is 0 Å². The zero-order valence-corrected chi connectivity index (χ0v) is 7.10. The molecular weight excluding hydrogens is 176 g/mol. The number of nitrogens with two attached hydrogens (primary N) is 1. The third-order valence-corrected chi connectivity index (χ3v) is 1.82. The Hall–Kier alpha value is -1.45. The molecule has 0 unspecified atom stereocenters. The molecule has 0 aromatic heterocycles. The van der Waals surface area contributed by atoms with Gasteiger partial charge in [0.15, 0.2) is 11.6 Å². The second kappa shape index (κ2) is 3.51. The monoisotopic (exact) mass is 185 g/mol. The van der Waals surface area contributed by atoms with Gasteiger partial charge in [-0.05, 0) is 18.6 Å². The van der Waals surface area contributed by atoms with Gasteiger partial charge in [-0.1, -0.05) is 6.92 Å². The minimum atomic E-state index is -0.987. The van der Waals surface area contributed by atoms with E-state index >= 15 is 0 Å². The van der Waals surface area contributed by atoms with Crippen molar-refractivity contribution in [1.82, 2.24) is 0 Å². The van der Waals surface area contributed by atoms with Gasteiger partial charge in [-0.15, -0.1) is 0 Å². The van der Waals surface area contributed by atoms with Crippen LogP contribution in [0.2, 0.25) is 0 Å². The van der Waals surface area contributed by atoms with Gasteiger partial charge in [0.2, 0.25) is 5.91 Å². The lowest BCUT2D eigenvalue weighted by Crippen LogP contribution is -2.15. The van der Waals surface area contributed by atoms with Gasteiger partial charge in [0.05, 0.1) is 0 Å². The summed E-state index contributed by atoms with van der Waals surface area (Å²) in [7, 11) is 0. The summed E-state index contributed by atoms with van der Waals surface area (Å²) in [6.07, 6.45) is 0.238. The lowest BCUT2D eigenvalue weighted by molar-refractivity contribution is 0.0999. The van der Waals surface area contributed by atoms with Gasteiger partial charge in [0.1, 0.15) is 0 Å². The van der Waals surface area contributed by atoms with Gasteiger partial charge in [-0.3, -0.25) is 4.79 Å². The Morgan fingerprint density at radius 1 is 1.46 bits per heavy atom. The van der Waals surface area contributed by atoms with Crippen molar-refractivity contribution in [2.75, 3.05) is 0 Å². The minimum absolute atomic E-state index is 0.0347. The SMILES string of the molecule is CCc1c(C(N)=O)ccc(F)c1F. The topological polar surface area (TPSA) is 43.1 Å². The number of benzene rings is 1. The van der Waals surface area contributed by atoms with E-state index in [0.717, 1.165) is 6.07 Å². The Morgan fingerprint density at radius 3 is 2.54 bits per heavy atom. The number of carbonyl (C=O) groups is 1. The molecule has 1 aromatic rings. The number of hydrogen-bond donors (Lipinski definition) is 1. The number of amides is 1. The first kappa shape index (κ1) is 9.64. The molecule has 0 aliphatic carbocycles. The van der Waals surface area contributed by atoms with Gasteiger partial charge < -0.3 is 5.73 Å². The van der Waals surface area contributed by atoms with Crippen LogP contribution in [0.1, 0.15) is 22.8 Å². The maximum absolute atomic E-state index is 13.0. The van der Waals surface area contributed by atoms with Crippen LogP contribution in [0.5, 0.6) is 0 Å². The average molecular weight is 185 g/mol. The van der Waals surface area contributed by atoms with Gasteiger partial charge in [0, 0.05) is 11.1 Å². The molecule has 2 nitrogen and oxygen atoms in total. The molecule has 13 heavy (non-hydrogen) atoms. The Labute approximate surface area is 74.4 Å². The highest BCUT2D eigenvalue weighted by molar-refractivity contribution is 5.94. The van der Waals surface area contributed by atoms with Crippen LogP contribution in [-0.2, 0) is 6.42 Å². The summed E-state index contributed by atoms with van der Waals surface area (Å²) >= 11 is 0. The van der Waals surface area contributed by atoms with Crippen molar-refractivity contribution in [1.29, 1.82) is 0 Å². The Balaban J connectivity index is 3.38. The van der Waals surface area contributed by atoms with E-state index in [0.29, 0.717) is 0 Å². The third kappa shape index (κ3) is 1.66. The summed E-state index contributed by atoms with van der Waals surface area (Å²) in [4.78, 5) is 10.8. The van der Waals surface area contributed by atoms with Crippen LogP contribution in [-0.4, -0.2) is 5.91 Å². The molecule has 0 saturated carbocycles. The highest BCUT2D eigenvalue weighted by Crippen LogP contribution is 2.16. The Bertz CT molecular complexity index is 350. The number of carbonyl (C=O) groups excluding carboxylic acids is 1. The maximum Gasteiger partial charge on any atom is 0.249 e. The molecule has 0 spiro atoms. The number of primary amides is 1. The van der Waals surface area contributed by atoms with Gasteiger partial charge in [0.25, 0.3) is 0 Å². The quantitative estimate of drug-likeness (QED) is 0.747. The molecule has 2 N–H and O–H groups in total. The van der Waals surface area contributed by atoms with E-state index in [-0.39, 0.29) is 17.5 Å². The molecule has 1 aromatic carbocycles. The molecule has 0 saturated heterocycles. The molecule has 70 valence electrons. The second-order valence-corrected chi connectivity index (χ2v) is 2.61. The van der Waals surface area contributed by atoms with Crippen molar-refractivity contribution in [3.05, 3.63) is 34.9 Å². The normalized spacial score (nSPS) is 10.1. The van der Waals surface area contributed by atoms with E-state index in [1.165, 1.54) is 6.07 Å².